The first-order valence-corrected chi connectivity index (χ1v) is 10.7. The number of phenolic OH excluding ortho intramolecular Hbond substituents is 1. The summed E-state index contributed by atoms with van der Waals surface area (Å²) >= 11 is 6.53. The fraction of sp³-hybridized carbons (Fsp3) is 0.154. The van der Waals surface area contributed by atoms with Crippen LogP contribution in [0.4, 0.5) is 17.2 Å². The predicted octanol–water partition coefficient (Wildman–Crippen LogP) is 4.91. The van der Waals surface area contributed by atoms with E-state index in [9.17, 15) is 10.2 Å². The lowest BCUT2D eigenvalue weighted by molar-refractivity contribution is 0.157. The van der Waals surface area contributed by atoms with Crippen LogP contribution < -0.4 is 10.6 Å². The van der Waals surface area contributed by atoms with E-state index in [0.29, 0.717) is 22.1 Å². The van der Waals surface area contributed by atoms with Crippen molar-refractivity contribution >= 4 is 39.7 Å². The van der Waals surface area contributed by atoms with Gasteiger partial charge in [0.15, 0.2) is 0 Å². The number of aliphatic hydroxyl groups excluding tert-OH is 1. The molecule has 4 rings (SSSR count). The highest BCUT2D eigenvalue weighted by Crippen LogP contribution is 2.41. The normalized spacial score (nSPS) is 12.2. The van der Waals surface area contributed by atoms with Crippen molar-refractivity contribution in [2.24, 2.45) is 5.73 Å². The van der Waals surface area contributed by atoms with Gasteiger partial charge in [0, 0.05) is 28.2 Å². The molecule has 1 heterocycles. The molecule has 0 fully saturated rings. The maximum atomic E-state index is 10.2. The number of anilines is 3. The second-order valence-electron chi connectivity index (χ2n) is 8.23. The Morgan fingerprint density at radius 3 is 2.48 bits per heavy atom. The Bertz CT molecular complexity index is 1360. The van der Waals surface area contributed by atoms with E-state index >= 15 is 0 Å². The van der Waals surface area contributed by atoms with Gasteiger partial charge in [0.1, 0.15) is 24.0 Å². The number of nitrogens with two attached hydrogens (primary N) is 1. The molecule has 33 heavy (non-hydrogen) atoms. The molecule has 7 heteroatoms. The SMILES string of the molecule is CC(C)(N)C(O)C#Cc1ccc2ncnc(N(c3ccccc3)c3ccc(O)cc3Cl)c2c1. The second-order valence-corrected chi connectivity index (χ2v) is 8.64. The van der Waals surface area contributed by atoms with Gasteiger partial charge in [-0.3, -0.25) is 4.90 Å². The molecule has 0 bridgehead atoms. The number of aromatic nitrogens is 2. The van der Waals surface area contributed by atoms with Crippen molar-refractivity contribution in [3.8, 4) is 17.6 Å². The van der Waals surface area contributed by atoms with Crippen LogP contribution in [0.15, 0.2) is 73.1 Å². The molecule has 0 saturated carbocycles. The van der Waals surface area contributed by atoms with E-state index in [1.165, 1.54) is 12.4 Å². The van der Waals surface area contributed by atoms with Crippen LogP contribution in [0.25, 0.3) is 10.9 Å². The molecule has 3 aromatic carbocycles. The lowest BCUT2D eigenvalue weighted by Gasteiger charge is -2.26. The number of hydrogen-bond donors (Lipinski definition) is 3. The zero-order valence-electron chi connectivity index (χ0n) is 18.2. The number of fused-ring (bicyclic) bond motifs is 1. The zero-order chi connectivity index (χ0) is 23.6. The lowest BCUT2D eigenvalue weighted by atomic mass is 9.99. The number of rotatable bonds is 4. The number of aromatic hydroxyl groups is 1. The molecule has 4 aromatic rings. The van der Waals surface area contributed by atoms with Crippen molar-refractivity contribution in [1.82, 2.24) is 9.97 Å². The van der Waals surface area contributed by atoms with Crippen LogP contribution in [-0.4, -0.2) is 31.8 Å². The Labute approximate surface area is 197 Å². The summed E-state index contributed by atoms with van der Waals surface area (Å²) in [6.07, 6.45) is 0.518. The number of aliphatic hydroxyl groups is 1. The van der Waals surface area contributed by atoms with E-state index in [0.717, 1.165) is 16.6 Å². The molecule has 0 amide bonds. The van der Waals surface area contributed by atoms with Crippen molar-refractivity contribution in [2.45, 2.75) is 25.5 Å². The maximum Gasteiger partial charge on any atom is 0.148 e. The summed E-state index contributed by atoms with van der Waals surface area (Å²) in [5.74, 6) is 6.47. The van der Waals surface area contributed by atoms with Gasteiger partial charge in [-0.25, -0.2) is 9.97 Å². The molecule has 4 N–H and O–H groups in total. The molecule has 0 saturated heterocycles. The second kappa shape index (κ2) is 9.08. The average Bonchev–Trinajstić information content (AvgIpc) is 2.79. The first kappa shape index (κ1) is 22.6. The van der Waals surface area contributed by atoms with Crippen LogP contribution in [0, 0.1) is 11.8 Å². The highest BCUT2D eigenvalue weighted by molar-refractivity contribution is 6.33. The summed E-state index contributed by atoms with van der Waals surface area (Å²) < 4.78 is 0. The Kier molecular flexibility index (Phi) is 6.21. The molecule has 0 aliphatic carbocycles. The van der Waals surface area contributed by atoms with Crippen LogP contribution in [0.1, 0.15) is 19.4 Å². The Morgan fingerprint density at radius 2 is 1.79 bits per heavy atom. The first-order valence-electron chi connectivity index (χ1n) is 10.3. The van der Waals surface area contributed by atoms with Gasteiger partial charge in [0.25, 0.3) is 0 Å². The van der Waals surface area contributed by atoms with E-state index < -0.39 is 11.6 Å². The van der Waals surface area contributed by atoms with Gasteiger partial charge in [0.2, 0.25) is 0 Å². The minimum absolute atomic E-state index is 0.0725. The fourth-order valence-corrected chi connectivity index (χ4v) is 3.53. The molecule has 0 spiro atoms. The van der Waals surface area contributed by atoms with Crippen LogP contribution in [0.3, 0.4) is 0 Å². The summed E-state index contributed by atoms with van der Waals surface area (Å²) in [5, 5.41) is 21.2. The predicted molar refractivity (Wildman–Crippen MR) is 132 cm³/mol. The van der Waals surface area contributed by atoms with Gasteiger partial charge in [-0.2, -0.15) is 0 Å². The summed E-state index contributed by atoms with van der Waals surface area (Å²) in [6, 6.07) is 20.0. The first-order chi connectivity index (χ1) is 15.7. The molecular formula is C26H23ClN4O2. The quantitative estimate of drug-likeness (QED) is 0.376. The Hall–Kier alpha value is -3.63. The van der Waals surface area contributed by atoms with Gasteiger partial charge in [-0.1, -0.05) is 41.6 Å². The number of hydrogen-bond acceptors (Lipinski definition) is 6. The summed E-state index contributed by atoms with van der Waals surface area (Å²) in [6.45, 7) is 3.44. The largest absolute Gasteiger partial charge is 0.508 e. The van der Waals surface area contributed by atoms with Crippen molar-refractivity contribution in [3.63, 3.8) is 0 Å². The molecule has 1 atom stereocenters. The molecule has 166 valence electrons. The third-order valence-electron chi connectivity index (χ3n) is 5.07. The van der Waals surface area contributed by atoms with Crippen LogP contribution in [0.5, 0.6) is 5.75 Å². The smallest absolute Gasteiger partial charge is 0.148 e. The fourth-order valence-electron chi connectivity index (χ4n) is 3.27. The van der Waals surface area contributed by atoms with Gasteiger partial charge in [-0.15, -0.1) is 0 Å². The highest BCUT2D eigenvalue weighted by Gasteiger charge is 2.21. The van der Waals surface area contributed by atoms with Crippen molar-refractivity contribution < 1.29 is 10.2 Å². The van der Waals surface area contributed by atoms with Gasteiger partial charge in [-0.05, 0) is 56.3 Å². The van der Waals surface area contributed by atoms with Crippen LogP contribution >= 0.6 is 11.6 Å². The third kappa shape index (κ3) is 4.91. The van der Waals surface area contributed by atoms with Crippen molar-refractivity contribution in [1.29, 1.82) is 0 Å². The van der Waals surface area contributed by atoms with Gasteiger partial charge < -0.3 is 15.9 Å². The molecule has 0 aliphatic heterocycles. The van der Waals surface area contributed by atoms with Crippen molar-refractivity contribution in [3.05, 3.63) is 83.6 Å². The lowest BCUT2D eigenvalue weighted by Crippen LogP contribution is -2.44. The third-order valence-corrected chi connectivity index (χ3v) is 5.37. The summed E-state index contributed by atoms with van der Waals surface area (Å²) in [4.78, 5) is 10.9. The topological polar surface area (TPSA) is 95.5 Å². The van der Waals surface area contributed by atoms with Gasteiger partial charge >= 0.3 is 0 Å². The number of benzene rings is 3. The molecule has 6 nitrogen and oxygen atoms in total. The molecule has 1 unspecified atom stereocenters. The molecule has 1 aromatic heterocycles. The number of halogens is 1. The summed E-state index contributed by atoms with van der Waals surface area (Å²) in [7, 11) is 0. The van der Waals surface area contributed by atoms with E-state index in [1.807, 2.05) is 53.4 Å². The number of phenols is 1. The van der Waals surface area contributed by atoms with E-state index in [2.05, 4.69) is 21.8 Å². The van der Waals surface area contributed by atoms with Gasteiger partial charge in [0.05, 0.1) is 16.2 Å². The molecule has 0 radical (unpaired) electrons. The minimum atomic E-state index is -0.976. The molecular weight excluding hydrogens is 436 g/mol. The number of para-hydroxylation sites is 1. The number of nitrogens with zero attached hydrogens (tertiary/aromatic N) is 3. The average molecular weight is 459 g/mol. The Balaban J connectivity index is 1.90. The Morgan fingerprint density at radius 1 is 1.03 bits per heavy atom. The van der Waals surface area contributed by atoms with E-state index in [1.54, 1.807) is 26.0 Å². The van der Waals surface area contributed by atoms with Crippen molar-refractivity contribution in [2.75, 3.05) is 4.90 Å². The van der Waals surface area contributed by atoms with Crippen LogP contribution in [-0.2, 0) is 0 Å². The maximum absolute atomic E-state index is 10.2. The van der Waals surface area contributed by atoms with E-state index in [-0.39, 0.29) is 5.75 Å². The standard InChI is InChI=1S/C26H23ClN4O2/c1-26(2,28)24(33)13-9-17-8-11-22-20(14-17)25(30-16-29-22)31(18-6-4-3-5-7-18)23-12-10-19(32)15-21(23)27/h3-8,10-12,14-16,24,32-33H,28H2,1-2H3. The monoisotopic (exact) mass is 458 g/mol. The minimum Gasteiger partial charge on any atom is -0.508 e. The van der Waals surface area contributed by atoms with Crippen LogP contribution in [0.2, 0.25) is 5.02 Å². The summed E-state index contributed by atoms with van der Waals surface area (Å²) in [5.41, 5.74) is 8.00. The molecule has 0 aliphatic rings. The highest BCUT2D eigenvalue weighted by atomic mass is 35.5. The zero-order valence-corrected chi connectivity index (χ0v) is 19.0. The van der Waals surface area contributed by atoms with E-state index in [4.69, 9.17) is 17.3 Å².